The molecule has 0 spiro atoms. The van der Waals surface area contributed by atoms with E-state index in [1.54, 1.807) is 0 Å². The lowest BCUT2D eigenvalue weighted by atomic mass is 9.93. The normalized spacial score (nSPS) is 11.5. The fourth-order valence-electron chi connectivity index (χ4n) is 1.45. The smallest absolute Gasteiger partial charge is 0.256 e. The second-order valence-electron chi connectivity index (χ2n) is 3.71. The largest absolute Gasteiger partial charge is 0.452 e. The fourth-order valence-corrected chi connectivity index (χ4v) is 1.65. The summed E-state index contributed by atoms with van der Waals surface area (Å²) in [6.07, 6.45) is 2.66. The van der Waals surface area contributed by atoms with Crippen LogP contribution in [0.1, 0.15) is 37.0 Å². The molecule has 1 amide bonds. The number of hydrogen-bond donors (Lipinski definition) is 2. The van der Waals surface area contributed by atoms with Crippen molar-refractivity contribution in [1.29, 1.82) is 0 Å². The molecule has 1 aromatic rings. The standard InChI is InChI=1S/C11H16ClNO3/c1-3-11(4-2,7-14)13-10(15)8-5-6-16-9(8)12/h5-6,14H,3-4,7H2,1-2H3,(H,13,15). The molecule has 0 saturated heterocycles. The lowest BCUT2D eigenvalue weighted by molar-refractivity contribution is 0.0817. The van der Waals surface area contributed by atoms with Gasteiger partial charge in [0.1, 0.15) is 0 Å². The molecule has 0 fully saturated rings. The maximum absolute atomic E-state index is 11.9. The first-order chi connectivity index (χ1) is 7.58. The summed E-state index contributed by atoms with van der Waals surface area (Å²) in [6.45, 7) is 3.73. The number of carbonyl (C=O) groups is 1. The molecule has 0 saturated carbocycles. The van der Waals surface area contributed by atoms with Crippen LogP contribution in [-0.4, -0.2) is 23.2 Å². The van der Waals surface area contributed by atoms with Gasteiger partial charge < -0.3 is 14.8 Å². The van der Waals surface area contributed by atoms with E-state index in [1.807, 2.05) is 13.8 Å². The lowest BCUT2D eigenvalue weighted by Crippen LogP contribution is -2.50. The summed E-state index contributed by atoms with van der Waals surface area (Å²) >= 11 is 5.70. The van der Waals surface area contributed by atoms with Gasteiger partial charge in [0.15, 0.2) is 0 Å². The third-order valence-corrected chi connectivity index (χ3v) is 3.19. The number of carbonyl (C=O) groups excluding carboxylic acids is 1. The van der Waals surface area contributed by atoms with Crippen LogP contribution in [-0.2, 0) is 0 Å². The van der Waals surface area contributed by atoms with Gasteiger partial charge >= 0.3 is 0 Å². The van der Waals surface area contributed by atoms with E-state index in [2.05, 4.69) is 5.32 Å². The second-order valence-corrected chi connectivity index (χ2v) is 4.05. The van der Waals surface area contributed by atoms with E-state index in [4.69, 9.17) is 16.0 Å². The molecule has 2 N–H and O–H groups in total. The Labute approximate surface area is 99.6 Å². The minimum Gasteiger partial charge on any atom is -0.452 e. The van der Waals surface area contributed by atoms with Crippen molar-refractivity contribution in [2.75, 3.05) is 6.61 Å². The summed E-state index contributed by atoms with van der Waals surface area (Å²) in [5.74, 6) is -0.323. The van der Waals surface area contributed by atoms with Crippen LogP contribution < -0.4 is 5.32 Å². The molecule has 4 nitrogen and oxygen atoms in total. The van der Waals surface area contributed by atoms with Crippen LogP contribution in [0.5, 0.6) is 0 Å². The Kier molecular flexibility index (Phi) is 4.38. The highest BCUT2D eigenvalue weighted by Crippen LogP contribution is 2.20. The third-order valence-electron chi connectivity index (χ3n) is 2.90. The maximum Gasteiger partial charge on any atom is 0.256 e. The predicted molar refractivity (Wildman–Crippen MR) is 61.6 cm³/mol. The number of rotatable bonds is 5. The van der Waals surface area contributed by atoms with Gasteiger partial charge in [-0.05, 0) is 30.5 Å². The number of halogens is 1. The van der Waals surface area contributed by atoms with Gasteiger partial charge in [-0.15, -0.1) is 0 Å². The van der Waals surface area contributed by atoms with Crippen LogP contribution in [0, 0.1) is 0 Å². The maximum atomic E-state index is 11.9. The van der Waals surface area contributed by atoms with Gasteiger partial charge in [-0.1, -0.05) is 13.8 Å². The second kappa shape index (κ2) is 5.37. The molecule has 0 radical (unpaired) electrons. The highest BCUT2D eigenvalue weighted by atomic mass is 35.5. The number of furan rings is 1. The van der Waals surface area contributed by atoms with Crippen molar-refractivity contribution >= 4 is 17.5 Å². The zero-order valence-corrected chi connectivity index (χ0v) is 10.2. The van der Waals surface area contributed by atoms with Gasteiger partial charge in [-0.2, -0.15) is 0 Å². The van der Waals surface area contributed by atoms with Crippen molar-refractivity contribution in [3.8, 4) is 0 Å². The van der Waals surface area contributed by atoms with Crippen LogP contribution in [0.25, 0.3) is 0 Å². The van der Waals surface area contributed by atoms with Gasteiger partial charge in [0.05, 0.1) is 24.0 Å². The Hall–Kier alpha value is -1.00. The fraction of sp³-hybridized carbons (Fsp3) is 0.545. The molecule has 1 rings (SSSR count). The van der Waals surface area contributed by atoms with E-state index in [-0.39, 0.29) is 17.7 Å². The van der Waals surface area contributed by atoms with Crippen LogP contribution in [0.2, 0.25) is 5.22 Å². The highest BCUT2D eigenvalue weighted by Gasteiger charge is 2.28. The van der Waals surface area contributed by atoms with E-state index in [0.717, 1.165) is 0 Å². The SMILES string of the molecule is CCC(CC)(CO)NC(=O)c1ccoc1Cl. The summed E-state index contributed by atoms with van der Waals surface area (Å²) in [7, 11) is 0. The molecule has 0 aliphatic carbocycles. The minimum atomic E-state index is -0.586. The van der Waals surface area contributed by atoms with Crippen LogP contribution in [0.3, 0.4) is 0 Å². The van der Waals surface area contributed by atoms with E-state index in [9.17, 15) is 9.90 Å². The van der Waals surface area contributed by atoms with Crippen LogP contribution in [0.15, 0.2) is 16.7 Å². The first-order valence-corrected chi connectivity index (χ1v) is 5.62. The molecule has 0 bridgehead atoms. The molecule has 0 unspecified atom stereocenters. The minimum absolute atomic E-state index is 0.0662. The van der Waals surface area contributed by atoms with Gasteiger partial charge in [0, 0.05) is 0 Å². The predicted octanol–water partition coefficient (Wildman–Crippen LogP) is 2.21. The Morgan fingerprint density at radius 2 is 2.19 bits per heavy atom. The first kappa shape index (κ1) is 13.1. The Balaban J connectivity index is 2.81. The first-order valence-electron chi connectivity index (χ1n) is 5.25. The molecule has 0 aliphatic rings. The average molecular weight is 246 g/mol. The topological polar surface area (TPSA) is 62.5 Å². The molecule has 5 heteroatoms. The van der Waals surface area contributed by atoms with Crippen molar-refractivity contribution in [2.45, 2.75) is 32.2 Å². The van der Waals surface area contributed by atoms with E-state index < -0.39 is 5.54 Å². The van der Waals surface area contributed by atoms with Crippen molar-refractivity contribution in [1.82, 2.24) is 5.32 Å². The monoisotopic (exact) mass is 245 g/mol. The van der Waals surface area contributed by atoms with Gasteiger partial charge in [-0.3, -0.25) is 4.79 Å². The number of amides is 1. The van der Waals surface area contributed by atoms with Gasteiger partial charge in [0.2, 0.25) is 5.22 Å². The molecule has 90 valence electrons. The number of aliphatic hydroxyl groups is 1. The zero-order valence-electron chi connectivity index (χ0n) is 9.42. The van der Waals surface area contributed by atoms with Crippen LogP contribution in [0.4, 0.5) is 0 Å². The quantitative estimate of drug-likeness (QED) is 0.836. The average Bonchev–Trinajstić information content (AvgIpc) is 2.72. The summed E-state index contributed by atoms with van der Waals surface area (Å²) in [5, 5.41) is 12.2. The highest BCUT2D eigenvalue weighted by molar-refractivity contribution is 6.32. The Bertz CT molecular complexity index is 350. The van der Waals surface area contributed by atoms with E-state index >= 15 is 0 Å². The van der Waals surface area contributed by atoms with Crippen molar-refractivity contribution < 1.29 is 14.3 Å². The zero-order chi connectivity index (χ0) is 12.2. The van der Waals surface area contributed by atoms with Crippen molar-refractivity contribution in [3.63, 3.8) is 0 Å². The van der Waals surface area contributed by atoms with Crippen LogP contribution >= 0.6 is 11.6 Å². The molecule has 1 heterocycles. The number of nitrogens with one attached hydrogen (secondary N) is 1. The van der Waals surface area contributed by atoms with Gasteiger partial charge in [-0.25, -0.2) is 0 Å². The molecule has 0 aliphatic heterocycles. The lowest BCUT2D eigenvalue weighted by Gasteiger charge is -2.30. The molecular formula is C11H16ClNO3. The van der Waals surface area contributed by atoms with Crippen molar-refractivity contribution in [3.05, 3.63) is 23.1 Å². The molecule has 0 atom stereocenters. The summed E-state index contributed by atoms with van der Waals surface area (Å²) in [6, 6.07) is 1.51. The summed E-state index contributed by atoms with van der Waals surface area (Å²) in [5.41, 5.74) is -0.293. The molecule has 16 heavy (non-hydrogen) atoms. The number of aliphatic hydroxyl groups excluding tert-OH is 1. The third kappa shape index (κ3) is 2.57. The number of hydrogen-bond acceptors (Lipinski definition) is 3. The molecule has 1 aromatic heterocycles. The summed E-state index contributed by atoms with van der Waals surface area (Å²) < 4.78 is 4.84. The van der Waals surface area contributed by atoms with E-state index in [0.29, 0.717) is 18.4 Å². The summed E-state index contributed by atoms with van der Waals surface area (Å²) in [4.78, 5) is 11.9. The Morgan fingerprint density at radius 3 is 2.56 bits per heavy atom. The molecular weight excluding hydrogens is 230 g/mol. The molecule has 0 aromatic carbocycles. The van der Waals surface area contributed by atoms with Gasteiger partial charge in [0.25, 0.3) is 5.91 Å². The van der Waals surface area contributed by atoms with E-state index in [1.165, 1.54) is 12.3 Å². The van der Waals surface area contributed by atoms with Crippen molar-refractivity contribution in [2.24, 2.45) is 0 Å². The Morgan fingerprint density at radius 1 is 1.56 bits per heavy atom.